The number of anilines is 1. The number of pyridine rings is 1. The fourth-order valence-electron chi connectivity index (χ4n) is 2.27. The van der Waals surface area contributed by atoms with E-state index in [1.54, 1.807) is 12.4 Å². The van der Waals surface area contributed by atoms with Gasteiger partial charge in [0.15, 0.2) is 5.13 Å². The number of fused-ring (bicyclic) bond motifs is 1. The number of amides is 2. The van der Waals surface area contributed by atoms with Gasteiger partial charge in [0.05, 0.1) is 28.0 Å². The lowest BCUT2D eigenvalue weighted by Crippen LogP contribution is -2.28. The zero-order valence-corrected chi connectivity index (χ0v) is 15.1. The quantitative estimate of drug-likeness (QED) is 0.487. The number of carbonyl (C=O) groups excluding carboxylic acids is 1. The fraction of sp³-hybridized carbons (Fsp3) is 0.0588. The molecular formula is C17H14N6OS2. The zero-order valence-electron chi connectivity index (χ0n) is 13.5. The van der Waals surface area contributed by atoms with Gasteiger partial charge in [0.25, 0.3) is 0 Å². The number of rotatable bonds is 5. The lowest BCUT2D eigenvalue weighted by Gasteiger charge is -2.03. The Bertz CT molecular complexity index is 997. The van der Waals surface area contributed by atoms with E-state index in [9.17, 15) is 4.79 Å². The lowest BCUT2D eigenvalue weighted by atomic mass is 10.3. The molecule has 130 valence electrons. The molecule has 0 atom stereocenters. The second kappa shape index (κ2) is 7.54. The number of para-hydroxylation sites is 2. The second-order valence-corrected chi connectivity index (χ2v) is 7.61. The van der Waals surface area contributed by atoms with Gasteiger partial charge in [-0.1, -0.05) is 41.3 Å². The van der Waals surface area contributed by atoms with Crippen LogP contribution in [0.2, 0.25) is 0 Å². The van der Waals surface area contributed by atoms with Crippen molar-refractivity contribution in [2.75, 3.05) is 5.32 Å². The molecule has 0 fully saturated rings. The Morgan fingerprint density at radius 2 is 2.04 bits per heavy atom. The van der Waals surface area contributed by atoms with E-state index in [2.05, 4.69) is 30.6 Å². The molecule has 3 heterocycles. The Hall–Kier alpha value is -2.91. The SMILES string of the molecule is O=C(NCc1nc2ccccc2[nH]1)Nc1ncc(Sc2ccccn2)s1. The van der Waals surface area contributed by atoms with E-state index in [1.807, 2.05) is 42.5 Å². The predicted octanol–water partition coefficient (Wildman–Crippen LogP) is 3.89. The molecule has 9 heteroatoms. The molecule has 0 spiro atoms. The number of thiazole rings is 1. The molecule has 0 aliphatic rings. The van der Waals surface area contributed by atoms with Crippen LogP contribution in [0.4, 0.5) is 9.93 Å². The Morgan fingerprint density at radius 3 is 2.88 bits per heavy atom. The van der Waals surface area contributed by atoms with Gasteiger partial charge < -0.3 is 10.3 Å². The lowest BCUT2D eigenvalue weighted by molar-refractivity contribution is 0.251. The van der Waals surface area contributed by atoms with Crippen LogP contribution >= 0.6 is 23.1 Å². The normalized spacial score (nSPS) is 10.8. The third-order valence-corrected chi connectivity index (χ3v) is 5.37. The third-order valence-electron chi connectivity index (χ3n) is 3.40. The largest absolute Gasteiger partial charge is 0.340 e. The van der Waals surface area contributed by atoms with E-state index >= 15 is 0 Å². The molecule has 0 radical (unpaired) electrons. The van der Waals surface area contributed by atoms with Crippen LogP contribution in [0.5, 0.6) is 0 Å². The van der Waals surface area contributed by atoms with Crippen molar-refractivity contribution in [2.45, 2.75) is 15.8 Å². The average molecular weight is 382 g/mol. The molecule has 7 nitrogen and oxygen atoms in total. The van der Waals surface area contributed by atoms with Crippen LogP contribution in [0, 0.1) is 0 Å². The molecule has 0 aliphatic carbocycles. The van der Waals surface area contributed by atoms with E-state index in [4.69, 9.17) is 0 Å². The highest BCUT2D eigenvalue weighted by Crippen LogP contribution is 2.32. The summed E-state index contributed by atoms with van der Waals surface area (Å²) in [6, 6.07) is 13.1. The van der Waals surface area contributed by atoms with Crippen molar-refractivity contribution >= 4 is 45.3 Å². The van der Waals surface area contributed by atoms with Crippen LogP contribution in [0.3, 0.4) is 0 Å². The van der Waals surface area contributed by atoms with Crippen molar-refractivity contribution in [3.8, 4) is 0 Å². The third kappa shape index (κ3) is 4.01. The first-order valence-electron chi connectivity index (χ1n) is 7.79. The highest BCUT2D eigenvalue weighted by Gasteiger charge is 2.09. The molecule has 26 heavy (non-hydrogen) atoms. The maximum atomic E-state index is 12.1. The Morgan fingerprint density at radius 1 is 1.15 bits per heavy atom. The second-order valence-electron chi connectivity index (χ2n) is 5.26. The van der Waals surface area contributed by atoms with Gasteiger partial charge in [-0.2, -0.15) is 0 Å². The summed E-state index contributed by atoms with van der Waals surface area (Å²) in [6.45, 7) is 0.307. The van der Waals surface area contributed by atoms with Gasteiger partial charge in [0.2, 0.25) is 0 Å². The van der Waals surface area contributed by atoms with Gasteiger partial charge in [-0.05, 0) is 24.3 Å². The number of nitrogens with zero attached hydrogens (tertiary/aromatic N) is 3. The minimum atomic E-state index is -0.325. The highest BCUT2D eigenvalue weighted by molar-refractivity contribution is 8.01. The number of aromatic nitrogens is 4. The molecule has 4 rings (SSSR count). The molecule has 2 amide bonds. The van der Waals surface area contributed by atoms with Crippen molar-refractivity contribution in [2.24, 2.45) is 0 Å². The first-order chi connectivity index (χ1) is 12.8. The van der Waals surface area contributed by atoms with Crippen LogP contribution in [-0.2, 0) is 6.54 Å². The molecule has 0 saturated carbocycles. The van der Waals surface area contributed by atoms with Gasteiger partial charge in [0.1, 0.15) is 10.9 Å². The summed E-state index contributed by atoms with van der Waals surface area (Å²) in [5, 5.41) is 6.92. The summed E-state index contributed by atoms with van der Waals surface area (Å²) in [4.78, 5) is 28.1. The summed E-state index contributed by atoms with van der Waals surface area (Å²) in [6.07, 6.45) is 3.47. The molecule has 0 bridgehead atoms. The van der Waals surface area contributed by atoms with Crippen molar-refractivity contribution in [3.63, 3.8) is 0 Å². The number of hydrogen-bond acceptors (Lipinski definition) is 6. The molecule has 1 aromatic carbocycles. The smallest absolute Gasteiger partial charge is 0.321 e. The van der Waals surface area contributed by atoms with Crippen LogP contribution < -0.4 is 10.6 Å². The fourth-order valence-corrected chi connectivity index (χ4v) is 4.05. The van der Waals surface area contributed by atoms with E-state index in [0.29, 0.717) is 17.5 Å². The Balaban J connectivity index is 1.32. The standard InChI is InChI=1S/C17H14N6OS2/c24-16(19-9-13-21-11-5-1-2-6-12(11)22-13)23-17-20-10-15(26-17)25-14-7-3-4-8-18-14/h1-8,10H,9H2,(H,21,22)(H2,19,20,23,24). The first kappa shape index (κ1) is 16.6. The maximum Gasteiger partial charge on any atom is 0.321 e. The number of nitrogens with one attached hydrogen (secondary N) is 3. The van der Waals surface area contributed by atoms with E-state index in [-0.39, 0.29) is 6.03 Å². The monoisotopic (exact) mass is 382 g/mol. The minimum Gasteiger partial charge on any atom is -0.340 e. The summed E-state index contributed by atoms with van der Waals surface area (Å²) >= 11 is 2.90. The van der Waals surface area contributed by atoms with Crippen molar-refractivity contribution in [1.82, 2.24) is 25.3 Å². The minimum absolute atomic E-state index is 0.307. The molecule has 3 N–H and O–H groups in total. The first-order valence-corrected chi connectivity index (χ1v) is 9.43. The number of urea groups is 1. The number of H-pyrrole nitrogens is 1. The summed E-state index contributed by atoms with van der Waals surface area (Å²) < 4.78 is 0.955. The van der Waals surface area contributed by atoms with Crippen LogP contribution in [0.1, 0.15) is 5.82 Å². The maximum absolute atomic E-state index is 12.1. The molecule has 4 aromatic rings. The molecule has 3 aromatic heterocycles. The molecule has 0 saturated heterocycles. The van der Waals surface area contributed by atoms with Gasteiger partial charge in [-0.15, -0.1) is 0 Å². The van der Waals surface area contributed by atoms with Crippen molar-refractivity contribution in [1.29, 1.82) is 0 Å². The molecule has 0 unspecified atom stereocenters. The number of aromatic amines is 1. The topological polar surface area (TPSA) is 95.6 Å². The van der Waals surface area contributed by atoms with Gasteiger partial charge >= 0.3 is 6.03 Å². The molecule has 0 aliphatic heterocycles. The zero-order chi connectivity index (χ0) is 17.8. The predicted molar refractivity (Wildman–Crippen MR) is 102 cm³/mol. The summed E-state index contributed by atoms with van der Waals surface area (Å²) in [5.41, 5.74) is 1.82. The van der Waals surface area contributed by atoms with Gasteiger partial charge in [0, 0.05) is 6.20 Å². The van der Waals surface area contributed by atoms with E-state index in [1.165, 1.54) is 23.1 Å². The summed E-state index contributed by atoms with van der Waals surface area (Å²) in [5.74, 6) is 0.701. The summed E-state index contributed by atoms with van der Waals surface area (Å²) in [7, 11) is 0. The van der Waals surface area contributed by atoms with Crippen molar-refractivity contribution < 1.29 is 4.79 Å². The van der Waals surface area contributed by atoms with Crippen LogP contribution in [0.15, 0.2) is 64.1 Å². The molecular weight excluding hydrogens is 368 g/mol. The van der Waals surface area contributed by atoms with Crippen molar-refractivity contribution in [3.05, 3.63) is 60.7 Å². The van der Waals surface area contributed by atoms with E-state index < -0.39 is 0 Å². The van der Waals surface area contributed by atoms with Gasteiger partial charge in [-0.25, -0.2) is 19.7 Å². The Labute approximate surface area is 157 Å². The Kier molecular flexibility index (Phi) is 4.80. The highest BCUT2D eigenvalue weighted by atomic mass is 32.2. The number of carbonyl (C=O) groups is 1. The number of imidazole rings is 1. The van der Waals surface area contributed by atoms with Gasteiger partial charge in [-0.3, -0.25) is 5.32 Å². The van der Waals surface area contributed by atoms with Crippen LogP contribution in [-0.4, -0.2) is 26.0 Å². The van der Waals surface area contributed by atoms with Crippen LogP contribution in [0.25, 0.3) is 11.0 Å². The number of hydrogen-bond donors (Lipinski definition) is 3. The van der Waals surface area contributed by atoms with E-state index in [0.717, 1.165) is 20.3 Å². The average Bonchev–Trinajstić information content (AvgIpc) is 3.27. The number of benzene rings is 1.